The molecule has 1 aromatic carbocycles. The van der Waals surface area contributed by atoms with Crippen molar-refractivity contribution in [1.82, 2.24) is 19.5 Å². The van der Waals surface area contributed by atoms with E-state index in [2.05, 4.69) is 32.1 Å². The standard InChI is InChI=1S/C18H19N5O2/c1-2-3-14-4-5-16-15(12-14)17(20-7-10-25-11-9-24)22-18(21-16)23-8-6-19-13-23/h4-6,8,12-13,24H,7,9-11H2,1H3,(H,20,21,22). The Labute approximate surface area is 145 Å². The molecule has 2 heterocycles. The van der Waals surface area contributed by atoms with Gasteiger partial charge in [0.25, 0.3) is 0 Å². The summed E-state index contributed by atoms with van der Waals surface area (Å²) in [6, 6.07) is 5.85. The number of hydrogen-bond acceptors (Lipinski definition) is 6. The van der Waals surface area contributed by atoms with Crippen molar-refractivity contribution in [1.29, 1.82) is 0 Å². The van der Waals surface area contributed by atoms with Crippen LogP contribution in [-0.4, -0.2) is 51.0 Å². The van der Waals surface area contributed by atoms with Gasteiger partial charge in [0, 0.05) is 29.9 Å². The first-order valence-corrected chi connectivity index (χ1v) is 7.97. The van der Waals surface area contributed by atoms with Gasteiger partial charge in [0.1, 0.15) is 12.1 Å². The summed E-state index contributed by atoms with van der Waals surface area (Å²) >= 11 is 0. The number of hydrogen-bond donors (Lipinski definition) is 2. The van der Waals surface area contributed by atoms with Gasteiger partial charge in [-0.1, -0.05) is 5.92 Å². The highest BCUT2D eigenvalue weighted by atomic mass is 16.5. The SMILES string of the molecule is CC#Cc1ccc2nc(-n3ccnc3)nc(NCCOCCO)c2c1. The van der Waals surface area contributed by atoms with Crippen LogP contribution in [0.2, 0.25) is 0 Å². The van der Waals surface area contributed by atoms with Crippen LogP contribution in [0, 0.1) is 11.8 Å². The summed E-state index contributed by atoms with van der Waals surface area (Å²) in [4.78, 5) is 13.2. The molecule has 2 N–H and O–H groups in total. The Morgan fingerprint density at radius 2 is 2.20 bits per heavy atom. The average Bonchev–Trinajstić information content (AvgIpc) is 3.16. The number of nitrogens with one attached hydrogen (secondary N) is 1. The van der Waals surface area contributed by atoms with Crippen LogP contribution in [0.4, 0.5) is 5.82 Å². The summed E-state index contributed by atoms with van der Waals surface area (Å²) in [5.74, 6) is 7.20. The van der Waals surface area contributed by atoms with E-state index in [0.717, 1.165) is 16.5 Å². The predicted molar refractivity (Wildman–Crippen MR) is 95.6 cm³/mol. The van der Waals surface area contributed by atoms with E-state index in [-0.39, 0.29) is 6.61 Å². The highest BCUT2D eigenvalue weighted by Gasteiger charge is 2.09. The van der Waals surface area contributed by atoms with Gasteiger partial charge < -0.3 is 15.2 Å². The molecule has 0 atom stereocenters. The molecule has 0 saturated carbocycles. The van der Waals surface area contributed by atoms with Gasteiger partial charge in [0.2, 0.25) is 5.95 Å². The van der Waals surface area contributed by atoms with Crippen LogP contribution < -0.4 is 5.32 Å². The number of imidazole rings is 1. The maximum Gasteiger partial charge on any atom is 0.237 e. The molecule has 0 unspecified atom stereocenters. The zero-order chi connectivity index (χ0) is 17.5. The molecular formula is C18H19N5O2. The Morgan fingerprint density at radius 3 is 2.96 bits per heavy atom. The average molecular weight is 337 g/mol. The van der Waals surface area contributed by atoms with Crippen LogP contribution in [0.1, 0.15) is 12.5 Å². The van der Waals surface area contributed by atoms with E-state index in [1.54, 1.807) is 30.2 Å². The van der Waals surface area contributed by atoms with Gasteiger partial charge in [-0.2, -0.15) is 4.98 Å². The van der Waals surface area contributed by atoms with Gasteiger partial charge >= 0.3 is 0 Å². The van der Waals surface area contributed by atoms with E-state index < -0.39 is 0 Å². The fourth-order valence-electron chi connectivity index (χ4n) is 2.37. The van der Waals surface area contributed by atoms with Gasteiger partial charge in [0.05, 0.1) is 25.3 Å². The first kappa shape index (κ1) is 16.9. The van der Waals surface area contributed by atoms with E-state index in [4.69, 9.17) is 9.84 Å². The third-order valence-corrected chi connectivity index (χ3v) is 3.46. The number of aromatic nitrogens is 4. The molecule has 0 aliphatic heterocycles. The van der Waals surface area contributed by atoms with E-state index >= 15 is 0 Å². The highest BCUT2D eigenvalue weighted by Crippen LogP contribution is 2.23. The normalized spacial score (nSPS) is 10.5. The van der Waals surface area contributed by atoms with Crippen molar-refractivity contribution in [3.63, 3.8) is 0 Å². The summed E-state index contributed by atoms with van der Waals surface area (Å²) < 4.78 is 7.04. The number of fused-ring (bicyclic) bond motifs is 1. The van der Waals surface area contributed by atoms with Crippen molar-refractivity contribution in [2.24, 2.45) is 0 Å². The minimum Gasteiger partial charge on any atom is -0.394 e. The summed E-state index contributed by atoms with van der Waals surface area (Å²) in [5.41, 5.74) is 1.73. The van der Waals surface area contributed by atoms with Gasteiger partial charge in [-0.05, 0) is 25.1 Å². The summed E-state index contributed by atoms with van der Waals surface area (Å²) in [7, 11) is 0. The van der Waals surface area contributed by atoms with E-state index in [1.807, 2.05) is 18.2 Å². The number of ether oxygens (including phenoxy) is 1. The van der Waals surface area contributed by atoms with Crippen LogP contribution in [0.5, 0.6) is 0 Å². The maximum absolute atomic E-state index is 8.76. The van der Waals surface area contributed by atoms with Gasteiger partial charge in [-0.25, -0.2) is 9.97 Å². The lowest BCUT2D eigenvalue weighted by atomic mass is 10.1. The monoisotopic (exact) mass is 337 g/mol. The summed E-state index contributed by atoms with van der Waals surface area (Å²) in [6.45, 7) is 3.18. The second kappa shape index (κ2) is 8.24. The predicted octanol–water partition coefficient (Wildman–Crippen LogP) is 1.61. The molecule has 0 bridgehead atoms. The third-order valence-electron chi connectivity index (χ3n) is 3.46. The lowest BCUT2D eigenvalue weighted by molar-refractivity contribution is 0.0992. The third kappa shape index (κ3) is 4.12. The second-order valence-electron chi connectivity index (χ2n) is 5.21. The minimum atomic E-state index is 0.0141. The number of benzene rings is 1. The van der Waals surface area contributed by atoms with Crippen molar-refractivity contribution < 1.29 is 9.84 Å². The molecule has 25 heavy (non-hydrogen) atoms. The van der Waals surface area contributed by atoms with Gasteiger partial charge in [0.15, 0.2) is 0 Å². The lowest BCUT2D eigenvalue weighted by Gasteiger charge is -2.11. The molecule has 7 heteroatoms. The van der Waals surface area contributed by atoms with Crippen molar-refractivity contribution >= 4 is 16.7 Å². The maximum atomic E-state index is 8.76. The molecule has 0 amide bonds. The molecule has 0 aliphatic carbocycles. The van der Waals surface area contributed by atoms with Crippen LogP contribution in [0.15, 0.2) is 36.9 Å². The van der Waals surface area contributed by atoms with E-state index in [0.29, 0.717) is 31.5 Å². The fourth-order valence-corrected chi connectivity index (χ4v) is 2.37. The number of nitrogens with zero attached hydrogens (tertiary/aromatic N) is 4. The Bertz CT molecular complexity index is 897. The Hall–Kier alpha value is -2.95. The number of anilines is 1. The molecule has 0 saturated heterocycles. The largest absolute Gasteiger partial charge is 0.394 e. The first-order chi connectivity index (χ1) is 12.3. The van der Waals surface area contributed by atoms with Crippen LogP contribution in [0.3, 0.4) is 0 Å². The second-order valence-corrected chi connectivity index (χ2v) is 5.21. The summed E-state index contributed by atoms with van der Waals surface area (Å²) in [5, 5.41) is 12.9. The molecule has 7 nitrogen and oxygen atoms in total. The first-order valence-electron chi connectivity index (χ1n) is 7.97. The minimum absolute atomic E-state index is 0.0141. The molecule has 3 rings (SSSR count). The summed E-state index contributed by atoms with van der Waals surface area (Å²) in [6.07, 6.45) is 5.14. The zero-order valence-corrected chi connectivity index (χ0v) is 13.9. The molecular weight excluding hydrogens is 318 g/mol. The quantitative estimate of drug-likeness (QED) is 0.503. The van der Waals surface area contributed by atoms with Crippen molar-refractivity contribution in [3.05, 3.63) is 42.5 Å². The Balaban J connectivity index is 1.95. The molecule has 3 aromatic rings. The molecule has 128 valence electrons. The van der Waals surface area contributed by atoms with Crippen LogP contribution >= 0.6 is 0 Å². The smallest absolute Gasteiger partial charge is 0.237 e. The molecule has 2 aromatic heterocycles. The van der Waals surface area contributed by atoms with E-state index in [1.165, 1.54) is 0 Å². The number of aliphatic hydroxyl groups is 1. The molecule has 0 radical (unpaired) electrons. The Morgan fingerprint density at radius 1 is 1.28 bits per heavy atom. The lowest BCUT2D eigenvalue weighted by Crippen LogP contribution is -2.13. The van der Waals surface area contributed by atoms with Crippen LogP contribution in [0.25, 0.3) is 16.9 Å². The highest BCUT2D eigenvalue weighted by molar-refractivity contribution is 5.90. The molecule has 0 aliphatic rings. The van der Waals surface area contributed by atoms with Crippen LogP contribution in [-0.2, 0) is 4.74 Å². The van der Waals surface area contributed by atoms with Crippen molar-refractivity contribution in [3.8, 4) is 17.8 Å². The number of rotatable bonds is 7. The Kier molecular flexibility index (Phi) is 5.57. The zero-order valence-electron chi connectivity index (χ0n) is 13.9. The van der Waals surface area contributed by atoms with Crippen molar-refractivity contribution in [2.45, 2.75) is 6.92 Å². The van der Waals surface area contributed by atoms with Gasteiger partial charge in [-0.15, -0.1) is 5.92 Å². The van der Waals surface area contributed by atoms with Crippen molar-refractivity contribution in [2.75, 3.05) is 31.7 Å². The van der Waals surface area contributed by atoms with E-state index in [9.17, 15) is 0 Å². The van der Waals surface area contributed by atoms with Gasteiger partial charge in [-0.3, -0.25) is 4.57 Å². The fraction of sp³-hybridized carbons (Fsp3) is 0.278. The molecule has 0 fully saturated rings. The topological polar surface area (TPSA) is 85.1 Å². The molecule has 0 spiro atoms. The number of aliphatic hydroxyl groups excluding tert-OH is 1.